The van der Waals surface area contributed by atoms with E-state index in [1.807, 2.05) is 0 Å². The van der Waals surface area contributed by atoms with E-state index in [4.69, 9.17) is 10.3 Å². The van der Waals surface area contributed by atoms with Crippen molar-refractivity contribution in [1.29, 1.82) is 0 Å². The maximum absolute atomic E-state index is 11.1. The molecular weight excluding hydrogens is 220 g/mol. The number of amides is 1. The third-order valence-electron chi connectivity index (χ3n) is 1.75. The van der Waals surface area contributed by atoms with Gasteiger partial charge in [0.15, 0.2) is 0 Å². The van der Waals surface area contributed by atoms with Crippen molar-refractivity contribution in [3.8, 4) is 0 Å². The number of nitrogens with one attached hydrogen (secondary N) is 1. The molecule has 0 rings (SSSR count). The normalized spacial score (nSPS) is 13.5. The predicted octanol–water partition coefficient (Wildman–Crippen LogP) is -0.635. The standard InChI is InChI=1S/C8H18N2O4S/c1-7(6-15(12,13)14)5-10-8(11)3-2-4-9/h7H,2-6,9H2,1H3,(H,10,11)(H,12,13,14). The molecule has 1 unspecified atom stereocenters. The van der Waals surface area contributed by atoms with Gasteiger partial charge in [-0.25, -0.2) is 0 Å². The van der Waals surface area contributed by atoms with Crippen LogP contribution in [0.4, 0.5) is 0 Å². The predicted molar refractivity (Wildman–Crippen MR) is 56.9 cm³/mol. The first-order chi connectivity index (χ1) is 6.85. The number of hydrogen-bond donors (Lipinski definition) is 3. The van der Waals surface area contributed by atoms with Gasteiger partial charge in [-0.15, -0.1) is 0 Å². The summed E-state index contributed by atoms with van der Waals surface area (Å²) in [6.45, 7) is 2.33. The molecule has 6 nitrogen and oxygen atoms in total. The van der Waals surface area contributed by atoms with Gasteiger partial charge in [0.1, 0.15) is 0 Å². The Labute approximate surface area is 90.0 Å². The Bertz CT molecular complexity index is 289. The molecule has 0 aliphatic carbocycles. The molecule has 0 heterocycles. The summed E-state index contributed by atoms with van der Waals surface area (Å²) in [5.41, 5.74) is 5.22. The Hall–Kier alpha value is -0.660. The number of hydrogen-bond acceptors (Lipinski definition) is 4. The highest BCUT2D eigenvalue weighted by atomic mass is 32.2. The van der Waals surface area contributed by atoms with E-state index in [1.165, 1.54) is 0 Å². The van der Waals surface area contributed by atoms with Crippen LogP contribution in [0.5, 0.6) is 0 Å². The summed E-state index contributed by atoms with van der Waals surface area (Å²) in [5.74, 6) is -0.797. The summed E-state index contributed by atoms with van der Waals surface area (Å²) >= 11 is 0. The summed E-state index contributed by atoms with van der Waals surface area (Å²) in [6.07, 6.45) is 0.952. The average Bonchev–Trinajstić information content (AvgIpc) is 2.08. The van der Waals surface area contributed by atoms with Gasteiger partial charge in [-0.2, -0.15) is 8.42 Å². The van der Waals surface area contributed by atoms with Gasteiger partial charge in [0, 0.05) is 13.0 Å². The van der Waals surface area contributed by atoms with E-state index in [0.29, 0.717) is 19.4 Å². The minimum atomic E-state index is -3.96. The molecule has 90 valence electrons. The van der Waals surface area contributed by atoms with E-state index in [1.54, 1.807) is 6.92 Å². The van der Waals surface area contributed by atoms with Crippen LogP contribution in [0.25, 0.3) is 0 Å². The van der Waals surface area contributed by atoms with E-state index in [-0.39, 0.29) is 24.1 Å². The van der Waals surface area contributed by atoms with Crippen molar-refractivity contribution in [2.24, 2.45) is 11.7 Å². The molecule has 15 heavy (non-hydrogen) atoms. The largest absolute Gasteiger partial charge is 0.356 e. The lowest BCUT2D eigenvalue weighted by Gasteiger charge is -2.10. The number of nitrogens with two attached hydrogens (primary N) is 1. The maximum Gasteiger partial charge on any atom is 0.265 e. The fourth-order valence-corrected chi connectivity index (χ4v) is 1.89. The van der Waals surface area contributed by atoms with Crippen LogP contribution in [0.3, 0.4) is 0 Å². The molecule has 0 fully saturated rings. The molecule has 1 amide bonds. The monoisotopic (exact) mass is 238 g/mol. The van der Waals surface area contributed by atoms with Gasteiger partial charge in [-0.1, -0.05) is 6.92 Å². The summed E-state index contributed by atoms with van der Waals surface area (Å²) in [6, 6.07) is 0. The highest BCUT2D eigenvalue weighted by molar-refractivity contribution is 7.85. The first-order valence-corrected chi connectivity index (χ1v) is 6.38. The maximum atomic E-state index is 11.1. The second kappa shape index (κ2) is 6.76. The van der Waals surface area contributed by atoms with E-state index in [0.717, 1.165) is 0 Å². The van der Waals surface area contributed by atoms with E-state index < -0.39 is 10.1 Å². The van der Waals surface area contributed by atoms with Crippen molar-refractivity contribution in [1.82, 2.24) is 5.32 Å². The van der Waals surface area contributed by atoms with Crippen LogP contribution in [-0.2, 0) is 14.9 Å². The third-order valence-corrected chi connectivity index (χ3v) is 2.74. The van der Waals surface area contributed by atoms with E-state index in [2.05, 4.69) is 5.32 Å². The summed E-state index contributed by atoms with van der Waals surface area (Å²) in [5, 5.41) is 2.57. The van der Waals surface area contributed by atoms with Crippen LogP contribution in [-0.4, -0.2) is 37.7 Å². The fourth-order valence-electron chi connectivity index (χ4n) is 1.06. The Morgan fingerprint density at radius 3 is 2.60 bits per heavy atom. The molecule has 0 aromatic rings. The number of carbonyl (C=O) groups excluding carboxylic acids is 1. The first-order valence-electron chi connectivity index (χ1n) is 4.77. The van der Waals surface area contributed by atoms with E-state index >= 15 is 0 Å². The van der Waals surface area contributed by atoms with Crippen LogP contribution in [0.1, 0.15) is 19.8 Å². The summed E-state index contributed by atoms with van der Waals surface area (Å²) in [7, 11) is -3.96. The summed E-state index contributed by atoms with van der Waals surface area (Å²) < 4.78 is 29.5. The van der Waals surface area contributed by atoms with Crippen molar-refractivity contribution < 1.29 is 17.8 Å². The molecule has 0 radical (unpaired) electrons. The molecule has 0 aromatic heterocycles. The van der Waals surface area contributed by atoms with E-state index in [9.17, 15) is 13.2 Å². The first kappa shape index (κ1) is 14.3. The molecule has 0 aromatic carbocycles. The van der Waals surface area contributed by atoms with Crippen molar-refractivity contribution in [3.05, 3.63) is 0 Å². The van der Waals surface area contributed by atoms with Gasteiger partial charge >= 0.3 is 0 Å². The zero-order chi connectivity index (χ0) is 11.9. The molecule has 0 aliphatic rings. The Morgan fingerprint density at radius 2 is 2.13 bits per heavy atom. The second-order valence-electron chi connectivity index (χ2n) is 3.55. The number of rotatable bonds is 7. The van der Waals surface area contributed by atoms with Gasteiger partial charge in [-0.05, 0) is 18.9 Å². The third kappa shape index (κ3) is 9.64. The van der Waals surface area contributed by atoms with Gasteiger partial charge in [-0.3, -0.25) is 9.35 Å². The Kier molecular flexibility index (Phi) is 6.46. The van der Waals surface area contributed by atoms with Crippen molar-refractivity contribution >= 4 is 16.0 Å². The molecule has 0 aliphatic heterocycles. The van der Waals surface area contributed by atoms with Crippen LogP contribution in [0.2, 0.25) is 0 Å². The highest BCUT2D eigenvalue weighted by Crippen LogP contribution is 1.98. The van der Waals surface area contributed by atoms with Crippen LogP contribution in [0.15, 0.2) is 0 Å². The highest BCUT2D eigenvalue weighted by Gasteiger charge is 2.12. The molecule has 1 atom stereocenters. The van der Waals surface area contributed by atoms with Crippen LogP contribution in [0, 0.1) is 5.92 Å². The molecule has 0 saturated heterocycles. The topological polar surface area (TPSA) is 109 Å². The molecular formula is C8H18N2O4S. The zero-order valence-electron chi connectivity index (χ0n) is 8.77. The van der Waals surface area contributed by atoms with Crippen molar-refractivity contribution in [2.75, 3.05) is 18.8 Å². The molecule has 0 spiro atoms. The number of carbonyl (C=O) groups is 1. The molecule has 7 heteroatoms. The summed E-state index contributed by atoms with van der Waals surface area (Å²) in [4.78, 5) is 11.1. The van der Waals surface area contributed by atoms with Crippen molar-refractivity contribution in [2.45, 2.75) is 19.8 Å². The zero-order valence-corrected chi connectivity index (χ0v) is 9.59. The second-order valence-corrected chi connectivity index (χ2v) is 5.05. The van der Waals surface area contributed by atoms with Gasteiger partial charge < -0.3 is 11.1 Å². The quantitative estimate of drug-likeness (QED) is 0.511. The minimum Gasteiger partial charge on any atom is -0.356 e. The Morgan fingerprint density at radius 1 is 1.53 bits per heavy atom. The van der Waals surface area contributed by atoms with Crippen molar-refractivity contribution in [3.63, 3.8) is 0 Å². The molecule has 0 bridgehead atoms. The average molecular weight is 238 g/mol. The molecule has 4 N–H and O–H groups in total. The lowest BCUT2D eigenvalue weighted by Crippen LogP contribution is -2.31. The van der Waals surface area contributed by atoms with Gasteiger partial charge in [0.25, 0.3) is 10.1 Å². The molecule has 0 saturated carbocycles. The Balaban J connectivity index is 3.71. The van der Waals surface area contributed by atoms with Crippen LogP contribution >= 0.6 is 0 Å². The van der Waals surface area contributed by atoms with Gasteiger partial charge in [0.2, 0.25) is 5.91 Å². The SMILES string of the molecule is CC(CNC(=O)CCCN)CS(=O)(=O)O. The smallest absolute Gasteiger partial charge is 0.265 e. The lowest BCUT2D eigenvalue weighted by atomic mass is 10.2. The van der Waals surface area contributed by atoms with Crippen LogP contribution < -0.4 is 11.1 Å². The minimum absolute atomic E-state index is 0.150. The fraction of sp³-hybridized carbons (Fsp3) is 0.875. The van der Waals surface area contributed by atoms with Gasteiger partial charge in [0.05, 0.1) is 5.75 Å². The lowest BCUT2D eigenvalue weighted by molar-refractivity contribution is -0.121.